The number of hydrogen-bond donors (Lipinski definition) is 2. The van der Waals surface area contributed by atoms with Crippen molar-refractivity contribution in [2.75, 3.05) is 30.0 Å². The van der Waals surface area contributed by atoms with Crippen LogP contribution in [0.4, 0.5) is 30.5 Å². The average Bonchev–Trinajstić information content (AvgIpc) is 2.99. The second-order valence-electron chi connectivity index (χ2n) is 10.3. The lowest BCUT2D eigenvalue weighted by atomic mass is 10.1. The highest BCUT2D eigenvalue weighted by molar-refractivity contribution is 7.98. The number of aryl methyl sites for hydroxylation is 1. The van der Waals surface area contributed by atoms with Crippen molar-refractivity contribution in [3.05, 3.63) is 95.2 Å². The van der Waals surface area contributed by atoms with Crippen molar-refractivity contribution in [1.82, 2.24) is 14.9 Å². The molecule has 0 bridgehead atoms. The van der Waals surface area contributed by atoms with Crippen LogP contribution in [0.15, 0.2) is 77.8 Å². The third-order valence-corrected chi connectivity index (χ3v) is 8.01. The van der Waals surface area contributed by atoms with E-state index in [0.717, 1.165) is 47.9 Å². The van der Waals surface area contributed by atoms with Gasteiger partial charge in [0.05, 0.1) is 16.2 Å². The Labute approximate surface area is 247 Å². The van der Waals surface area contributed by atoms with Crippen LogP contribution in [0.1, 0.15) is 46.3 Å². The van der Waals surface area contributed by atoms with Crippen LogP contribution in [0.2, 0.25) is 0 Å². The van der Waals surface area contributed by atoms with E-state index in [0.29, 0.717) is 28.5 Å². The molecule has 0 radical (unpaired) electrons. The number of halogens is 3. The van der Waals surface area contributed by atoms with Gasteiger partial charge in [-0.15, -0.1) is 11.8 Å². The van der Waals surface area contributed by atoms with Gasteiger partial charge in [0.2, 0.25) is 5.95 Å². The van der Waals surface area contributed by atoms with Gasteiger partial charge in [-0.1, -0.05) is 30.7 Å². The van der Waals surface area contributed by atoms with Crippen molar-refractivity contribution in [2.45, 2.75) is 43.8 Å². The first-order chi connectivity index (χ1) is 20.2. The molecule has 0 saturated carbocycles. The molecule has 4 aromatic rings. The van der Waals surface area contributed by atoms with Gasteiger partial charge in [0.25, 0.3) is 5.91 Å². The Morgan fingerprint density at radius 2 is 1.69 bits per heavy atom. The molecule has 0 unspecified atom stereocenters. The smallest absolute Gasteiger partial charge is 0.324 e. The van der Waals surface area contributed by atoms with Crippen LogP contribution < -0.4 is 10.6 Å². The lowest BCUT2D eigenvalue weighted by Crippen LogP contribution is -2.29. The van der Waals surface area contributed by atoms with Crippen LogP contribution in [-0.2, 0) is 12.7 Å². The van der Waals surface area contributed by atoms with Crippen molar-refractivity contribution >= 4 is 35.0 Å². The van der Waals surface area contributed by atoms with Gasteiger partial charge < -0.3 is 10.6 Å². The van der Waals surface area contributed by atoms with E-state index in [1.54, 1.807) is 30.5 Å². The molecule has 0 spiro atoms. The standard InChI is InChI=1S/C32H32F3N5OS/c1-21-6-7-22(20-40-16-4-3-5-17-40)18-27(21)38-30(41)24-10-14-26(15-11-24)37-31-36-19-28(42-2)29(39-31)23-8-12-25(13-9-23)32(33,34)35/h6-15,18-19H,3-5,16-17,20H2,1-2H3,(H,38,41)(H,36,37,39). The number of carbonyl (C=O) groups is 1. The second kappa shape index (κ2) is 13.0. The van der Waals surface area contributed by atoms with Gasteiger partial charge in [0.15, 0.2) is 0 Å². The van der Waals surface area contributed by atoms with Gasteiger partial charge in [-0.25, -0.2) is 9.97 Å². The molecule has 1 aliphatic heterocycles. The minimum Gasteiger partial charge on any atom is -0.324 e. The van der Waals surface area contributed by atoms with E-state index in [1.807, 2.05) is 19.2 Å². The summed E-state index contributed by atoms with van der Waals surface area (Å²) in [5, 5.41) is 6.17. The minimum atomic E-state index is -4.40. The second-order valence-corrected chi connectivity index (χ2v) is 11.2. The summed E-state index contributed by atoms with van der Waals surface area (Å²) in [5.74, 6) is 0.0889. The van der Waals surface area contributed by atoms with Crippen LogP contribution in [0, 0.1) is 6.92 Å². The molecule has 1 aromatic heterocycles. The van der Waals surface area contributed by atoms with Crippen LogP contribution >= 0.6 is 11.8 Å². The van der Waals surface area contributed by atoms with Gasteiger partial charge in [-0.3, -0.25) is 9.69 Å². The van der Waals surface area contributed by atoms with Gasteiger partial charge in [0, 0.05) is 35.2 Å². The Balaban J connectivity index is 1.26. The van der Waals surface area contributed by atoms with Gasteiger partial charge in [-0.05, 0) is 92.7 Å². The number of aromatic nitrogens is 2. The van der Waals surface area contributed by atoms with Gasteiger partial charge in [0.1, 0.15) is 0 Å². The lowest BCUT2D eigenvalue weighted by Gasteiger charge is -2.26. The first kappa shape index (κ1) is 29.6. The molecule has 0 atom stereocenters. The number of amides is 1. The number of hydrogen-bond acceptors (Lipinski definition) is 6. The molecular formula is C32H32F3N5OS. The Morgan fingerprint density at radius 3 is 2.36 bits per heavy atom. The summed E-state index contributed by atoms with van der Waals surface area (Å²) < 4.78 is 39.0. The van der Waals surface area contributed by atoms with Gasteiger partial charge >= 0.3 is 6.18 Å². The Morgan fingerprint density at radius 1 is 0.976 bits per heavy atom. The maximum atomic E-state index is 13.1. The molecule has 1 amide bonds. The average molecular weight is 592 g/mol. The number of carbonyl (C=O) groups excluding carboxylic acids is 1. The molecule has 1 saturated heterocycles. The molecule has 1 aliphatic rings. The number of nitrogens with zero attached hydrogens (tertiary/aromatic N) is 3. The molecule has 2 N–H and O–H groups in total. The van der Waals surface area contributed by atoms with Crippen molar-refractivity contribution < 1.29 is 18.0 Å². The molecule has 218 valence electrons. The fourth-order valence-corrected chi connectivity index (χ4v) is 5.43. The number of alkyl halides is 3. The summed E-state index contributed by atoms with van der Waals surface area (Å²) >= 11 is 1.41. The predicted molar refractivity (Wildman–Crippen MR) is 162 cm³/mol. The van der Waals surface area contributed by atoms with Crippen molar-refractivity contribution in [2.24, 2.45) is 0 Å². The molecule has 0 aliphatic carbocycles. The first-order valence-corrected chi connectivity index (χ1v) is 15.0. The maximum absolute atomic E-state index is 13.1. The van der Waals surface area contributed by atoms with E-state index < -0.39 is 11.7 Å². The summed E-state index contributed by atoms with van der Waals surface area (Å²) in [7, 11) is 0. The van der Waals surface area contributed by atoms with Crippen LogP contribution in [0.25, 0.3) is 11.3 Å². The molecule has 5 rings (SSSR count). The summed E-state index contributed by atoms with van der Waals surface area (Å²) in [5.41, 5.74) is 4.53. The number of nitrogens with one attached hydrogen (secondary N) is 2. The number of piperidine rings is 1. The SMILES string of the molecule is CSc1cnc(Nc2ccc(C(=O)Nc3cc(CN4CCCCC4)ccc3C)cc2)nc1-c1ccc(C(F)(F)F)cc1. The summed E-state index contributed by atoms with van der Waals surface area (Å²) in [4.78, 5) is 25.2. The predicted octanol–water partition coefficient (Wildman–Crippen LogP) is 8.17. The van der Waals surface area contributed by atoms with Gasteiger partial charge in [-0.2, -0.15) is 13.2 Å². The monoisotopic (exact) mass is 591 g/mol. The summed E-state index contributed by atoms with van der Waals surface area (Å²) in [6.45, 7) is 5.08. The zero-order valence-electron chi connectivity index (χ0n) is 23.5. The Hall–Kier alpha value is -3.89. The van der Waals surface area contributed by atoms with Crippen molar-refractivity contribution in [3.8, 4) is 11.3 Å². The normalized spacial score (nSPS) is 14.0. The highest BCUT2D eigenvalue weighted by Crippen LogP contribution is 2.33. The lowest BCUT2D eigenvalue weighted by molar-refractivity contribution is -0.137. The largest absolute Gasteiger partial charge is 0.416 e. The third-order valence-electron chi connectivity index (χ3n) is 7.27. The molecule has 1 fully saturated rings. The van der Waals surface area contributed by atoms with Crippen molar-refractivity contribution in [1.29, 1.82) is 0 Å². The molecule has 2 heterocycles. The van der Waals surface area contributed by atoms with E-state index in [1.165, 1.54) is 48.7 Å². The van der Waals surface area contributed by atoms with Crippen LogP contribution in [0.5, 0.6) is 0 Å². The van der Waals surface area contributed by atoms with E-state index in [4.69, 9.17) is 0 Å². The van der Waals surface area contributed by atoms with Crippen LogP contribution in [-0.4, -0.2) is 40.1 Å². The van der Waals surface area contributed by atoms with Crippen LogP contribution in [0.3, 0.4) is 0 Å². The molecule has 10 heteroatoms. The van der Waals surface area contributed by atoms with E-state index in [9.17, 15) is 18.0 Å². The van der Waals surface area contributed by atoms with E-state index in [2.05, 4.69) is 37.6 Å². The quantitative estimate of drug-likeness (QED) is 0.202. The highest BCUT2D eigenvalue weighted by Gasteiger charge is 2.30. The Bertz CT molecular complexity index is 1540. The fraction of sp³-hybridized carbons (Fsp3) is 0.281. The highest BCUT2D eigenvalue weighted by atomic mass is 32.2. The topological polar surface area (TPSA) is 70.2 Å². The summed E-state index contributed by atoms with van der Waals surface area (Å²) in [6.07, 6.45) is 2.84. The molecule has 3 aromatic carbocycles. The number of benzene rings is 3. The maximum Gasteiger partial charge on any atom is 0.416 e. The summed E-state index contributed by atoms with van der Waals surface area (Å²) in [6, 6.07) is 18.1. The minimum absolute atomic E-state index is 0.204. The number of rotatable bonds is 8. The Kier molecular flexibility index (Phi) is 9.13. The molecule has 42 heavy (non-hydrogen) atoms. The van der Waals surface area contributed by atoms with E-state index >= 15 is 0 Å². The number of likely N-dealkylation sites (tertiary alicyclic amines) is 1. The van der Waals surface area contributed by atoms with Crippen molar-refractivity contribution in [3.63, 3.8) is 0 Å². The van der Waals surface area contributed by atoms with E-state index in [-0.39, 0.29) is 5.91 Å². The molecule has 6 nitrogen and oxygen atoms in total. The third kappa shape index (κ3) is 7.30. The first-order valence-electron chi connectivity index (χ1n) is 13.8. The zero-order valence-corrected chi connectivity index (χ0v) is 24.3. The molecular weight excluding hydrogens is 559 g/mol. The fourth-order valence-electron chi connectivity index (χ4n) is 4.91. The zero-order chi connectivity index (χ0) is 29.7. The number of anilines is 3. The number of thioether (sulfide) groups is 1.